The van der Waals surface area contributed by atoms with Gasteiger partial charge in [0, 0.05) is 47.7 Å². The molecule has 0 atom stereocenters. The predicted molar refractivity (Wildman–Crippen MR) is 118 cm³/mol. The highest BCUT2D eigenvalue weighted by Gasteiger charge is 2.26. The summed E-state index contributed by atoms with van der Waals surface area (Å²) in [7, 11) is 1.49. The summed E-state index contributed by atoms with van der Waals surface area (Å²) in [5, 5.41) is -0.308. The molecule has 0 bridgehead atoms. The molecule has 2 aromatic carbocycles. The number of nitrogens with zero attached hydrogens (tertiary/aromatic N) is 1. The van der Waals surface area contributed by atoms with Crippen LogP contribution in [0.15, 0.2) is 42.6 Å². The number of methoxy groups -OCH3 is 1. The first-order chi connectivity index (χ1) is 15.5. The molecular weight excluding hydrogens is 440 g/mol. The average Bonchev–Trinajstić information content (AvgIpc) is 2.80. The molecule has 3 rings (SSSR count). The van der Waals surface area contributed by atoms with E-state index >= 15 is 4.39 Å². The normalized spacial score (nSPS) is 10.8. The summed E-state index contributed by atoms with van der Waals surface area (Å²) in [4.78, 5) is 15.9. The molecule has 0 aliphatic heterocycles. The molecule has 3 aromatic rings. The van der Waals surface area contributed by atoms with Crippen molar-refractivity contribution in [2.45, 2.75) is 19.8 Å². The van der Waals surface area contributed by atoms with Gasteiger partial charge in [0.25, 0.3) is 0 Å². The van der Waals surface area contributed by atoms with Gasteiger partial charge in [-0.25, -0.2) is 13.8 Å². The van der Waals surface area contributed by atoms with Crippen LogP contribution in [-0.4, -0.2) is 31.6 Å². The largest absolute Gasteiger partial charge is 0.488 e. The summed E-state index contributed by atoms with van der Waals surface area (Å²) in [6.45, 7) is 2.25. The molecule has 0 N–H and O–H groups in total. The number of carbonyl (C=O) groups is 1. The molecule has 168 valence electrons. The third kappa shape index (κ3) is 5.06. The van der Waals surface area contributed by atoms with Gasteiger partial charge in [0.1, 0.15) is 18.2 Å². The maximum Gasteiger partial charge on any atom is 0.219 e. The molecule has 0 aliphatic rings. The van der Waals surface area contributed by atoms with Crippen LogP contribution in [0.25, 0.3) is 11.1 Å². The standard InChI is InChI=1S/C24H22ClF2NO4/c1-3-6-16-19(32-20-7-4-5-10-28-20)13-17(26)23(25)22(16)21-15(14-29)8-9-18(24(21)27)31-12-11-30-2/h4-5,7-10,13-14H,3,6,11-12H2,1-2H3. The minimum atomic E-state index is -0.820. The first-order valence-corrected chi connectivity index (χ1v) is 10.4. The van der Waals surface area contributed by atoms with Gasteiger partial charge in [-0.2, -0.15) is 0 Å². The van der Waals surface area contributed by atoms with E-state index in [4.69, 9.17) is 25.8 Å². The van der Waals surface area contributed by atoms with E-state index < -0.39 is 11.6 Å². The zero-order valence-electron chi connectivity index (χ0n) is 17.7. The summed E-state index contributed by atoms with van der Waals surface area (Å²) < 4.78 is 46.6. The Balaban J connectivity index is 2.24. The summed E-state index contributed by atoms with van der Waals surface area (Å²) in [5.74, 6) is -1.35. The Labute approximate surface area is 189 Å². The number of rotatable bonds is 10. The lowest BCUT2D eigenvalue weighted by atomic mass is 9.92. The Morgan fingerprint density at radius 1 is 1.09 bits per heavy atom. The van der Waals surface area contributed by atoms with Gasteiger partial charge in [0.2, 0.25) is 5.88 Å². The third-order valence-electron chi connectivity index (χ3n) is 4.70. The van der Waals surface area contributed by atoms with Gasteiger partial charge in [-0.3, -0.25) is 4.79 Å². The van der Waals surface area contributed by atoms with Crippen LogP contribution >= 0.6 is 11.6 Å². The Hall–Kier alpha value is -3.03. The van der Waals surface area contributed by atoms with Crippen molar-refractivity contribution < 1.29 is 27.8 Å². The molecule has 0 aliphatic carbocycles. The van der Waals surface area contributed by atoms with E-state index in [0.717, 1.165) is 6.07 Å². The number of aromatic nitrogens is 1. The van der Waals surface area contributed by atoms with Crippen molar-refractivity contribution in [3.05, 3.63) is 70.4 Å². The van der Waals surface area contributed by atoms with Crippen molar-refractivity contribution in [3.63, 3.8) is 0 Å². The van der Waals surface area contributed by atoms with Crippen molar-refractivity contribution in [1.29, 1.82) is 0 Å². The molecule has 0 fully saturated rings. The summed E-state index contributed by atoms with van der Waals surface area (Å²) in [5.41, 5.74) is 0.376. The van der Waals surface area contributed by atoms with Crippen molar-refractivity contribution in [2.75, 3.05) is 20.3 Å². The molecule has 1 heterocycles. The maximum absolute atomic E-state index is 15.6. The number of hydrogen-bond acceptors (Lipinski definition) is 5. The second kappa shape index (κ2) is 11.0. The van der Waals surface area contributed by atoms with Crippen LogP contribution in [0.3, 0.4) is 0 Å². The second-order valence-electron chi connectivity index (χ2n) is 6.85. The highest BCUT2D eigenvalue weighted by Crippen LogP contribution is 2.44. The highest BCUT2D eigenvalue weighted by atomic mass is 35.5. The predicted octanol–water partition coefficient (Wildman–Crippen LogP) is 6.26. The molecule has 1 aromatic heterocycles. The van der Waals surface area contributed by atoms with E-state index in [-0.39, 0.29) is 52.3 Å². The topological polar surface area (TPSA) is 57.7 Å². The van der Waals surface area contributed by atoms with Crippen LogP contribution in [0.5, 0.6) is 17.4 Å². The fraction of sp³-hybridized carbons (Fsp3) is 0.250. The number of benzene rings is 2. The van der Waals surface area contributed by atoms with Crippen LogP contribution in [0.2, 0.25) is 5.02 Å². The van der Waals surface area contributed by atoms with E-state index in [9.17, 15) is 9.18 Å². The molecule has 5 nitrogen and oxygen atoms in total. The minimum absolute atomic E-state index is 0.00947. The first-order valence-electron chi connectivity index (χ1n) is 10.0. The molecule has 8 heteroatoms. The van der Waals surface area contributed by atoms with Crippen molar-refractivity contribution in [1.82, 2.24) is 4.98 Å². The molecule has 0 amide bonds. The van der Waals surface area contributed by atoms with Crippen LogP contribution in [0.1, 0.15) is 29.3 Å². The van der Waals surface area contributed by atoms with Crippen molar-refractivity contribution >= 4 is 17.9 Å². The minimum Gasteiger partial charge on any atom is -0.488 e. The zero-order valence-corrected chi connectivity index (χ0v) is 18.4. The fourth-order valence-electron chi connectivity index (χ4n) is 3.28. The van der Waals surface area contributed by atoms with E-state index in [2.05, 4.69) is 4.98 Å². The second-order valence-corrected chi connectivity index (χ2v) is 7.22. The Morgan fingerprint density at radius 3 is 2.56 bits per heavy atom. The number of hydrogen-bond donors (Lipinski definition) is 0. The number of ether oxygens (including phenoxy) is 3. The zero-order chi connectivity index (χ0) is 23.1. The van der Waals surface area contributed by atoms with E-state index in [1.54, 1.807) is 18.2 Å². The molecule has 0 unspecified atom stereocenters. The summed E-state index contributed by atoms with van der Waals surface area (Å²) >= 11 is 6.33. The Bertz CT molecular complexity index is 1090. The van der Waals surface area contributed by atoms with Gasteiger partial charge >= 0.3 is 0 Å². The highest BCUT2D eigenvalue weighted by molar-refractivity contribution is 6.34. The van der Waals surface area contributed by atoms with Crippen LogP contribution in [0.4, 0.5) is 8.78 Å². The molecule has 0 radical (unpaired) electrons. The van der Waals surface area contributed by atoms with Crippen LogP contribution < -0.4 is 9.47 Å². The van der Waals surface area contributed by atoms with Gasteiger partial charge in [0.15, 0.2) is 17.9 Å². The number of halogens is 3. The number of aldehydes is 1. The lowest BCUT2D eigenvalue weighted by molar-refractivity contribution is 0.112. The van der Waals surface area contributed by atoms with Gasteiger partial charge in [0.05, 0.1) is 11.6 Å². The van der Waals surface area contributed by atoms with Gasteiger partial charge in [-0.05, 0) is 24.6 Å². The van der Waals surface area contributed by atoms with Crippen molar-refractivity contribution in [2.24, 2.45) is 0 Å². The third-order valence-corrected chi connectivity index (χ3v) is 5.07. The van der Waals surface area contributed by atoms with Gasteiger partial charge in [-0.15, -0.1) is 0 Å². The maximum atomic E-state index is 15.6. The van der Waals surface area contributed by atoms with E-state index in [1.165, 1.54) is 25.4 Å². The lowest BCUT2D eigenvalue weighted by Crippen LogP contribution is -2.08. The Kier molecular flexibility index (Phi) is 8.14. The number of pyridine rings is 1. The molecule has 0 spiro atoms. The van der Waals surface area contributed by atoms with Crippen LogP contribution in [0, 0.1) is 11.6 Å². The molecule has 0 saturated heterocycles. The SMILES string of the molecule is CCCc1c(Oc2ccccn2)cc(F)c(Cl)c1-c1c(C=O)ccc(OCCOC)c1F. The Morgan fingerprint density at radius 2 is 1.91 bits per heavy atom. The van der Waals surface area contributed by atoms with Crippen molar-refractivity contribution in [3.8, 4) is 28.5 Å². The number of carbonyl (C=O) groups excluding carboxylic acids is 1. The van der Waals surface area contributed by atoms with E-state index in [0.29, 0.717) is 24.7 Å². The average molecular weight is 462 g/mol. The fourth-order valence-corrected chi connectivity index (χ4v) is 3.54. The molecular formula is C24H22ClF2NO4. The molecule has 0 saturated carbocycles. The molecule has 32 heavy (non-hydrogen) atoms. The van der Waals surface area contributed by atoms with Gasteiger partial charge in [-0.1, -0.05) is 31.0 Å². The van der Waals surface area contributed by atoms with Gasteiger partial charge < -0.3 is 14.2 Å². The van der Waals surface area contributed by atoms with Crippen LogP contribution in [-0.2, 0) is 11.2 Å². The van der Waals surface area contributed by atoms with E-state index in [1.807, 2.05) is 6.92 Å². The summed E-state index contributed by atoms with van der Waals surface area (Å²) in [6.07, 6.45) is 3.06. The quantitative estimate of drug-likeness (QED) is 0.263. The first kappa shape index (κ1) is 23.6. The smallest absolute Gasteiger partial charge is 0.219 e. The lowest BCUT2D eigenvalue weighted by Gasteiger charge is -2.20. The monoisotopic (exact) mass is 461 g/mol. The summed E-state index contributed by atoms with van der Waals surface area (Å²) in [6, 6.07) is 8.95.